The van der Waals surface area contributed by atoms with Crippen molar-refractivity contribution in [2.75, 3.05) is 19.7 Å². The molecular formula is C11H25ClN2O2S2. The largest absolute Gasteiger partial charge is 0.471 e. The molecule has 0 rings (SSSR count). The van der Waals surface area contributed by atoms with Crippen LogP contribution in [0, 0.1) is 0 Å². The molecular weight excluding hydrogens is 292 g/mol. The highest BCUT2D eigenvalue weighted by molar-refractivity contribution is 7.96. The standard InChI is InChI=1S/C10H21NOS.CH3NOS.ClH/c1-4-7-8-9-12-10(13)11(5-2)6-3;2-1(3)4;/h4-9H2,1-3H3;(H3,2,3,4);1H. The van der Waals surface area contributed by atoms with Crippen LogP contribution < -0.4 is 5.73 Å². The molecule has 0 saturated carbocycles. The van der Waals surface area contributed by atoms with E-state index in [0.717, 1.165) is 26.1 Å². The number of rotatable bonds is 6. The number of carbonyl (C=O) groups excluding carboxylic acids is 1. The summed E-state index contributed by atoms with van der Waals surface area (Å²) in [4.78, 5) is 11.1. The topological polar surface area (TPSA) is 55.6 Å². The Morgan fingerprint density at radius 1 is 1.28 bits per heavy atom. The molecule has 0 aliphatic heterocycles. The summed E-state index contributed by atoms with van der Waals surface area (Å²) in [6.45, 7) is 8.99. The molecule has 0 radical (unpaired) electrons. The average Bonchev–Trinajstić information content (AvgIpc) is 2.25. The van der Waals surface area contributed by atoms with E-state index in [0.29, 0.717) is 5.17 Å². The Bertz CT molecular complexity index is 211. The van der Waals surface area contributed by atoms with E-state index in [1.54, 1.807) is 0 Å². The van der Waals surface area contributed by atoms with Crippen LogP contribution in [0.15, 0.2) is 0 Å². The zero-order valence-electron chi connectivity index (χ0n) is 11.3. The molecule has 18 heavy (non-hydrogen) atoms. The van der Waals surface area contributed by atoms with Gasteiger partial charge in [-0.15, -0.1) is 12.4 Å². The van der Waals surface area contributed by atoms with Crippen molar-refractivity contribution in [1.29, 1.82) is 0 Å². The number of thiol groups is 1. The van der Waals surface area contributed by atoms with Crippen LogP contribution in [0.4, 0.5) is 4.79 Å². The Morgan fingerprint density at radius 3 is 2.06 bits per heavy atom. The minimum atomic E-state index is -0.639. The van der Waals surface area contributed by atoms with Crippen LogP contribution in [0.5, 0.6) is 0 Å². The number of amides is 1. The van der Waals surface area contributed by atoms with Crippen molar-refractivity contribution in [2.24, 2.45) is 5.73 Å². The van der Waals surface area contributed by atoms with Gasteiger partial charge in [-0.1, -0.05) is 32.4 Å². The smallest absolute Gasteiger partial charge is 0.273 e. The van der Waals surface area contributed by atoms with Crippen molar-refractivity contribution in [2.45, 2.75) is 40.0 Å². The van der Waals surface area contributed by atoms with Gasteiger partial charge in [-0.05, 0) is 32.5 Å². The predicted octanol–water partition coefficient (Wildman–Crippen LogP) is 3.24. The van der Waals surface area contributed by atoms with E-state index in [4.69, 9.17) is 21.7 Å². The summed E-state index contributed by atoms with van der Waals surface area (Å²) in [7, 11) is 0. The summed E-state index contributed by atoms with van der Waals surface area (Å²) in [5.74, 6) is 0. The normalized spacial score (nSPS) is 8.44. The molecule has 0 fully saturated rings. The van der Waals surface area contributed by atoms with E-state index >= 15 is 0 Å². The highest BCUT2D eigenvalue weighted by Crippen LogP contribution is 1.98. The minimum absolute atomic E-state index is 0. The monoisotopic (exact) mass is 316 g/mol. The van der Waals surface area contributed by atoms with E-state index in [1.165, 1.54) is 12.8 Å². The van der Waals surface area contributed by atoms with Crippen molar-refractivity contribution in [3.05, 3.63) is 0 Å². The molecule has 0 aliphatic carbocycles. The number of unbranched alkanes of at least 4 members (excludes halogenated alkanes) is 2. The Balaban J connectivity index is -0.000000392. The van der Waals surface area contributed by atoms with E-state index in [9.17, 15) is 0 Å². The lowest BCUT2D eigenvalue weighted by molar-refractivity contribution is 0.242. The van der Waals surface area contributed by atoms with Gasteiger partial charge in [-0.2, -0.15) is 0 Å². The van der Waals surface area contributed by atoms with E-state index in [-0.39, 0.29) is 12.4 Å². The number of hydrogen-bond acceptors (Lipinski definition) is 3. The van der Waals surface area contributed by atoms with E-state index in [1.807, 2.05) is 0 Å². The first kappa shape index (κ1) is 22.9. The molecule has 0 spiro atoms. The molecule has 0 aliphatic rings. The Hall–Kier alpha value is -0.200. The number of carbonyl (C=O) groups is 1. The molecule has 0 heterocycles. The highest BCUT2D eigenvalue weighted by atomic mass is 35.5. The lowest BCUT2D eigenvalue weighted by atomic mass is 10.3. The molecule has 0 aromatic carbocycles. The number of nitrogens with zero attached hydrogens (tertiary/aromatic N) is 1. The van der Waals surface area contributed by atoms with Gasteiger partial charge in [0.2, 0.25) is 0 Å². The molecule has 7 heteroatoms. The van der Waals surface area contributed by atoms with Crippen molar-refractivity contribution >= 4 is 47.7 Å². The zero-order chi connectivity index (χ0) is 13.7. The van der Waals surface area contributed by atoms with Gasteiger partial charge in [0.1, 0.15) is 0 Å². The Kier molecular flexibility index (Phi) is 21.4. The van der Waals surface area contributed by atoms with Gasteiger partial charge in [-0.3, -0.25) is 4.79 Å². The number of hydrogen-bond donors (Lipinski definition) is 2. The molecule has 4 nitrogen and oxygen atoms in total. The van der Waals surface area contributed by atoms with E-state index in [2.05, 4.69) is 44.0 Å². The van der Waals surface area contributed by atoms with Gasteiger partial charge in [0.15, 0.2) is 0 Å². The summed E-state index contributed by atoms with van der Waals surface area (Å²) in [6, 6.07) is 0. The van der Waals surface area contributed by atoms with Crippen LogP contribution in [0.2, 0.25) is 0 Å². The molecule has 0 aromatic heterocycles. The quantitative estimate of drug-likeness (QED) is 0.449. The van der Waals surface area contributed by atoms with Crippen LogP contribution in [0.3, 0.4) is 0 Å². The SMILES string of the molecule is CCCCCOC(=S)N(CC)CC.Cl.NC(=O)S. The van der Waals surface area contributed by atoms with Crippen molar-refractivity contribution < 1.29 is 9.53 Å². The summed E-state index contributed by atoms with van der Waals surface area (Å²) in [6.07, 6.45) is 3.56. The maximum atomic E-state index is 9.09. The predicted molar refractivity (Wildman–Crippen MR) is 86.8 cm³/mol. The lowest BCUT2D eigenvalue weighted by Crippen LogP contribution is -2.31. The molecule has 1 amide bonds. The first-order valence-corrected chi connectivity index (χ1v) is 6.75. The number of halogens is 1. The van der Waals surface area contributed by atoms with Crippen LogP contribution in [-0.2, 0) is 4.74 Å². The number of primary amides is 1. The van der Waals surface area contributed by atoms with Crippen LogP contribution in [0.1, 0.15) is 40.0 Å². The molecule has 0 unspecified atom stereocenters. The molecule has 110 valence electrons. The lowest BCUT2D eigenvalue weighted by Gasteiger charge is -2.21. The zero-order valence-corrected chi connectivity index (χ0v) is 13.9. The van der Waals surface area contributed by atoms with Gasteiger partial charge in [0, 0.05) is 13.1 Å². The summed E-state index contributed by atoms with van der Waals surface area (Å²) < 4.78 is 5.45. The first-order valence-electron chi connectivity index (χ1n) is 5.89. The van der Waals surface area contributed by atoms with Crippen LogP contribution in [0.25, 0.3) is 0 Å². The van der Waals surface area contributed by atoms with Gasteiger partial charge < -0.3 is 15.4 Å². The fourth-order valence-electron chi connectivity index (χ4n) is 1.08. The summed E-state index contributed by atoms with van der Waals surface area (Å²) in [5, 5.41) is 0.0149. The van der Waals surface area contributed by atoms with Crippen LogP contribution in [-0.4, -0.2) is 35.0 Å². The third-order valence-corrected chi connectivity index (χ3v) is 2.37. The second-order valence-corrected chi connectivity index (χ2v) is 4.12. The maximum Gasteiger partial charge on any atom is 0.273 e. The number of ether oxygens (including phenoxy) is 1. The van der Waals surface area contributed by atoms with E-state index < -0.39 is 5.24 Å². The average molecular weight is 317 g/mol. The Labute approximate surface area is 127 Å². The molecule has 0 aromatic rings. The van der Waals surface area contributed by atoms with Crippen LogP contribution >= 0.6 is 37.3 Å². The van der Waals surface area contributed by atoms with Gasteiger partial charge in [0.05, 0.1) is 6.61 Å². The Morgan fingerprint density at radius 2 is 1.72 bits per heavy atom. The molecule has 0 bridgehead atoms. The number of nitrogens with two attached hydrogens (primary N) is 1. The fraction of sp³-hybridized carbons (Fsp3) is 0.818. The molecule has 0 atom stereocenters. The molecule has 0 saturated heterocycles. The summed E-state index contributed by atoms with van der Waals surface area (Å²) >= 11 is 8.23. The second-order valence-electron chi connectivity index (χ2n) is 3.33. The van der Waals surface area contributed by atoms with Crippen molar-refractivity contribution in [3.8, 4) is 0 Å². The van der Waals surface area contributed by atoms with Crippen molar-refractivity contribution in [3.63, 3.8) is 0 Å². The van der Waals surface area contributed by atoms with Crippen molar-refractivity contribution in [1.82, 2.24) is 4.90 Å². The first-order chi connectivity index (χ1) is 7.99. The second kappa shape index (κ2) is 16.8. The number of thiocarbonyl (C=S) groups is 1. The third-order valence-electron chi connectivity index (χ3n) is 2.00. The fourth-order valence-corrected chi connectivity index (χ4v) is 1.43. The maximum absolute atomic E-state index is 9.09. The summed E-state index contributed by atoms with van der Waals surface area (Å²) in [5.41, 5.74) is 4.34. The minimum Gasteiger partial charge on any atom is -0.471 e. The highest BCUT2D eigenvalue weighted by Gasteiger charge is 2.04. The third kappa shape index (κ3) is 18.2. The van der Waals surface area contributed by atoms with Gasteiger partial charge >= 0.3 is 0 Å². The molecule has 2 N–H and O–H groups in total. The van der Waals surface area contributed by atoms with Gasteiger partial charge in [-0.25, -0.2) is 0 Å². The van der Waals surface area contributed by atoms with Gasteiger partial charge in [0.25, 0.3) is 10.4 Å².